The molecule has 25 heavy (non-hydrogen) atoms. The standard InChI is InChI=1S/C18H19N3O2S2/c19-17(22)11-3-1-2-4-14(11)24-16-8-7-15(25-16)18(23)21-13-9-10-5-6-12(13)20-10/h1-4,7-8,10,12-13,20H,5-6,9H2,(H2,19,22)(H,21,23)/t10-,12+,13-/m1/s1. The Hall–Kier alpha value is -1.83. The first-order chi connectivity index (χ1) is 12.1. The minimum Gasteiger partial charge on any atom is -0.366 e. The molecule has 4 rings (SSSR count). The first-order valence-electron chi connectivity index (χ1n) is 8.33. The Morgan fingerprint density at radius 3 is 2.76 bits per heavy atom. The number of thiophene rings is 1. The van der Waals surface area contributed by atoms with Gasteiger partial charge in [0.1, 0.15) is 0 Å². The van der Waals surface area contributed by atoms with Crippen molar-refractivity contribution in [2.75, 3.05) is 0 Å². The molecule has 2 bridgehead atoms. The Kier molecular flexibility index (Phi) is 4.54. The minimum atomic E-state index is -0.443. The van der Waals surface area contributed by atoms with Gasteiger partial charge in [0.2, 0.25) is 5.91 Å². The van der Waals surface area contributed by atoms with Gasteiger partial charge < -0.3 is 16.4 Å². The van der Waals surface area contributed by atoms with Gasteiger partial charge in [-0.3, -0.25) is 9.59 Å². The summed E-state index contributed by atoms with van der Waals surface area (Å²) in [7, 11) is 0. The topological polar surface area (TPSA) is 84.2 Å². The monoisotopic (exact) mass is 373 g/mol. The molecule has 0 aliphatic carbocycles. The lowest BCUT2D eigenvalue weighted by atomic mass is 9.95. The molecule has 0 saturated carbocycles. The molecule has 2 aliphatic rings. The zero-order valence-electron chi connectivity index (χ0n) is 13.5. The molecular formula is C18H19N3O2S2. The first kappa shape index (κ1) is 16.6. The molecule has 1 aromatic heterocycles. The molecular weight excluding hydrogens is 354 g/mol. The number of hydrogen-bond donors (Lipinski definition) is 3. The van der Waals surface area contributed by atoms with Gasteiger partial charge in [-0.15, -0.1) is 11.3 Å². The van der Waals surface area contributed by atoms with Crippen molar-refractivity contribution in [2.24, 2.45) is 5.73 Å². The molecule has 2 saturated heterocycles. The summed E-state index contributed by atoms with van der Waals surface area (Å²) in [5.41, 5.74) is 5.92. The van der Waals surface area contributed by atoms with Crippen LogP contribution in [0.5, 0.6) is 0 Å². The van der Waals surface area contributed by atoms with E-state index in [9.17, 15) is 9.59 Å². The lowest BCUT2D eigenvalue weighted by Gasteiger charge is -2.20. The van der Waals surface area contributed by atoms with E-state index in [0.717, 1.165) is 21.9 Å². The summed E-state index contributed by atoms with van der Waals surface area (Å²) in [6, 6.07) is 12.2. The van der Waals surface area contributed by atoms with E-state index >= 15 is 0 Å². The number of benzene rings is 1. The van der Waals surface area contributed by atoms with Crippen molar-refractivity contribution in [1.29, 1.82) is 0 Å². The number of rotatable bonds is 5. The van der Waals surface area contributed by atoms with Crippen LogP contribution in [0.1, 0.15) is 39.3 Å². The molecule has 4 N–H and O–H groups in total. The molecule has 0 radical (unpaired) electrons. The van der Waals surface area contributed by atoms with Crippen LogP contribution in [0, 0.1) is 0 Å². The highest BCUT2D eigenvalue weighted by atomic mass is 32.2. The van der Waals surface area contributed by atoms with E-state index in [0.29, 0.717) is 22.5 Å². The normalized spacial score (nSPS) is 24.4. The van der Waals surface area contributed by atoms with E-state index < -0.39 is 5.91 Å². The van der Waals surface area contributed by atoms with E-state index in [1.807, 2.05) is 24.3 Å². The van der Waals surface area contributed by atoms with Gasteiger partial charge in [0, 0.05) is 23.0 Å². The van der Waals surface area contributed by atoms with Gasteiger partial charge in [0.25, 0.3) is 5.91 Å². The molecule has 5 nitrogen and oxygen atoms in total. The van der Waals surface area contributed by atoms with Crippen molar-refractivity contribution >= 4 is 34.9 Å². The van der Waals surface area contributed by atoms with Crippen molar-refractivity contribution in [3.8, 4) is 0 Å². The highest BCUT2D eigenvalue weighted by molar-refractivity contribution is 8.01. The van der Waals surface area contributed by atoms with E-state index in [-0.39, 0.29) is 11.9 Å². The van der Waals surface area contributed by atoms with Crippen LogP contribution in [0.25, 0.3) is 0 Å². The number of carbonyl (C=O) groups excluding carboxylic acids is 2. The van der Waals surface area contributed by atoms with Crippen LogP contribution in [0.2, 0.25) is 0 Å². The molecule has 3 heterocycles. The number of hydrogen-bond acceptors (Lipinski definition) is 5. The van der Waals surface area contributed by atoms with Gasteiger partial charge in [-0.2, -0.15) is 0 Å². The number of fused-ring (bicyclic) bond motifs is 2. The Labute approximate surface area is 154 Å². The van der Waals surface area contributed by atoms with Crippen LogP contribution in [0.3, 0.4) is 0 Å². The van der Waals surface area contributed by atoms with Crippen molar-refractivity contribution < 1.29 is 9.59 Å². The SMILES string of the molecule is NC(=O)c1ccccc1Sc1ccc(C(=O)N[C@@H]2C[C@H]3CC[C@@H]2N3)s1. The van der Waals surface area contributed by atoms with Gasteiger partial charge in [-0.25, -0.2) is 0 Å². The van der Waals surface area contributed by atoms with Crippen molar-refractivity contribution in [2.45, 2.75) is 46.5 Å². The third-order valence-electron chi connectivity index (χ3n) is 4.78. The van der Waals surface area contributed by atoms with Gasteiger partial charge >= 0.3 is 0 Å². The fraction of sp³-hybridized carbons (Fsp3) is 0.333. The van der Waals surface area contributed by atoms with Crippen LogP contribution in [-0.4, -0.2) is 29.9 Å². The Morgan fingerprint density at radius 2 is 2.04 bits per heavy atom. The van der Waals surface area contributed by atoms with Crippen molar-refractivity contribution in [3.05, 3.63) is 46.8 Å². The maximum absolute atomic E-state index is 12.5. The Balaban J connectivity index is 1.44. The van der Waals surface area contributed by atoms with Gasteiger partial charge in [0.15, 0.2) is 0 Å². The van der Waals surface area contributed by atoms with Crippen LogP contribution in [0.4, 0.5) is 0 Å². The summed E-state index contributed by atoms with van der Waals surface area (Å²) < 4.78 is 0.963. The molecule has 7 heteroatoms. The third-order valence-corrected chi connectivity index (χ3v) is 7.08. The molecule has 0 unspecified atom stereocenters. The average molecular weight is 374 g/mol. The van der Waals surface area contributed by atoms with E-state index in [2.05, 4.69) is 10.6 Å². The fourth-order valence-corrected chi connectivity index (χ4v) is 5.71. The third kappa shape index (κ3) is 3.44. The Morgan fingerprint density at radius 1 is 1.20 bits per heavy atom. The number of nitrogens with one attached hydrogen (secondary N) is 2. The maximum Gasteiger partial charge on any atom is 0.261 e. The van der Waals surface area contributed by atoms with Crippen LogP contribution >= 0.6 is 23.1 Å². The molecule has 2 aromatic rings. The van der Waals surface area contributed by atoms with Crippen LogP contribution in [-0.2, 0) is 0 Å². The van der Waals surface area contributed by atoms with Crippen molar-refractivity contribution in [3.63, 3.8) is 0 Å². The molecule has 2 amide bonds. The lowest BCUT2D eigenvalue weighted by Crippen LogP contribution is -2.42. The predicted molar refractivity (Wildman–Crippen MR) is 99.2 cm³/mol. The second-order valence-corrected chi connectivity index (χ2v) is 8.87. The molecule has 130 valence electrons. The molecule has 2 fully saturated rings. The summed E-state index contributed by atoms with van der Waals surface area (Å²) in [6.45, 7) is 0. The zero-order chi connectivity index (χ0) is 17.4. The van der Waals surface area contributed by atoms with Gasteiger partial charge in [-0.05, 0) is 43.5 Å². The minimum absolute atomic E-state index is 0.0145. The summed E-state index contributed by atoms with van der Waals surface area (Å²) in [5, 5.41) is 6.69. The van der Waals surface area contributed by atoms with E-state index in [1.165, 1.54) is 29.5 Å². The molecule has 1 aromatic carbocycles. The van der Waals surface area contributed by atoms with E-state index in [4.69, 9.17) is 5.73 Å². The number of nitrogens with two attached hydrogens (primary N) is 1. The largest absolute Gasteiger partial charge is 0.366 e. The Bertz CT molecular complexity index is 820. The fourth-order valence-electron chi connectivity index (χ4n) is 3.59. The summed E-state index contributed by atoms with van der Waals surface area (Å²) in [6.07, 6.45) is 3.39. The number of amides is 2. The quantitative estimate of drug-likeness (QED) is 0.752. The van der Waals surface area contributed by atoms with Crippen LogP contribution < -0.4 is 16.4 Å². The summed E-state index contributed by atoms with van der Waals surface area (Å²) in [4.78, 5) is 25.5. The second-order valence-electron chi connectivity index (χ2n) is 6.44. The highest BCUT2D eigenvalue weighted by Gasteiger charge is 2.39. The average Bonchev–Trinajstić information content (AvgIpc) is 3.31. The second kappa shape index (κ2) is 6.82. The summed E-state index contributed by atoms with van der Waals surface area (Å²) in [5.74, 6) is -0.458. The van der Waals surface area contributed by atoms with Gasteiger partial charge in [0.05, 0.1) is 14.6 Å². The van der Waals surface area contributed by atoms with Crippen molar-refractivity contribution in [1.82, 2.24) is 10.6 Å². The molecule has 2 aliphatic heterocycles. The predicted octanol–water partition coefficient (Wildman–Crippen LogP) is 2.62. The lowest BCUT2D eigenvalue weighted by molar-refractivity contribution is 0.0934. The number of carbonyl (C=O) groups is 2. The highest BCUT2D eigenvalue weighted by Crippen LogP contribution is 2.35. The maximum atomic E-state index is 12.5. The zero-order valence-corrected chi connectivity index (χ0v) is 15.2. The smallest absolute Gasteiger partial charge is 0.261 e. The molecule has 3 atom stereocenters. The molecule has 0 spiro atoms. The van der Waals surface area contributed by atoms with Crippen LogP contribution in [0.15, 0.2) is 45.5 Å². The van der Waals surface area contributed by atoms with E-state index in [1.54, 1.807) is 12.1 Å². The summed E-state index contributed by atoms with van der Waals surface area (Å²) >= 11 is 2.90. The van der Waals surface area contributed by atoms with Gasteiger partial charge in [-0.1, -0.05) is 23.9 Å². The first-order valence-corrected chi connectivity index (χ1v) is 9.97. The number of primary amides is 1.